The molecule has 134 valence electrons. The summed E-state index contributed by atoms with van der Waals surface area (Å²) in [5.41, 5.74) is 1.78. The van der Waals surface area contributed by atoms with Gasteiger partial charge in [-0.3, -0.25) is 4.79 Å². The molecule has 0 radical (unpaired) electrons. The molecule has 26 heavy (non-hydrogen) atoms. The van der Waals surface area contributed by atoms with Crippen LogP contribution in [-0.2, 0) is 18.3 Å². The largest absolute Gasteiger partial charge is 0.497 e. The summed E-state index contributed by atoms with van der Waals surface area (Å²) < 4.78 is 20.6. The van der Waals surface area contributed by atoms with Crippen molar-refractivity contribution in [1.29, 1.82) is 0 Å². The van der Waals surface area contributed by atoms with Crippen LogP contribution in [0.1, 0.15) is 5.69 Å². The van der Waals surface area contributed by atoms with E-state index in [0.717, 1.165) is 11.4 Å². The van der Waals surface area contributed by atoms with E-state index in [1.165, 1.54) is 17.4 Å². The van der Waals surface area contributed by atoms with Gasteiger partial charge < -0.3 is 14.6 Å². The van der Waals surface area contributed by atoms with Gasteiger partial charge in [-0.1, -0.05) is 12.1 Å². The van der Waals surface area contributed by atoms with Crippen LogP contribution in [0.15, 0.2) is 58.9 Å². The van der Waals surface area contributed by atoms with Crippen molar-refractivity contribution in [3.63, 3.8) is 0 Å². The minimum atomic E-state index is -0.375. The molecule has 3 aromatic rings. The van der Waals surface area contributed by atoms with Gasteiger partial charge in [0.2, 0.25) is 5.91 Å². The quantitative estimate of drug-likeness (QED) is 0.744. The van der Waals surface area contributed by atoms with Crippen molar-refractivity contribution in [2.45, 2.75) is 6.42 Å². The number of nitrogens with one attached hydrogen (secondary N) is 1. The van der Waals surface area contributed by atoms with Crippen molar-refractivity contribution in [3.05, 3.63) is 70.2 Å². The number of thiazole rings is 1. The number of carbonyl (C=O) groups excluding carboxylic acids is 1. The Morgan fingerprint density at radius 1 is 1.23 bits per heavy atom. The predicted octanol–water partition coefficient (Wildman–Crippen LogP) is 3.65. The molecule has 0 saturated carbocycles. The second kappa shape index (κ2) is 7.97. The van der Waals surface area contributed by atoms with E-state index in [-0.39, 0.29) is 23.8 Å². The topological polar surface area (TPSA) is 55.6 Å². The summed E-state index contributed by atoms with van der Waals surface area (Å²) in [6.45, 7) is 0. The first-order valence-corrected chi connectivity index (χ1v) is 8.81. The number of ether oxygens (including phenoxy) is 1. The molecule has 2 aromatic carbocycles. The van der Waals surface area contributed by atoms with E-state index in [1.54, 1.807) is 54.1 Å². The molecule has 0 fully saturated rings. The number of amides is 1. The fraction of sp³-hybridized carbons (Fsp3) is 0.158. The van der Waals surface area contributed by atoms with E-state index < -0.39 is 0 Å². The zero-order chi connectivity index (χ0) is 18.5. The fourth-order valence-corrected chi connectivity index (χ4v) is 3.26. The van der Waals surface area contributed by atoms with Crippen molar-refractivity contribution in [1.82, 2.24) is 4.57 Å². The highest BCUT2D eigenvalue weighted by molar-refractivity contribution is 7.07. The van der Waals surface area contributed by atoms with E-state index in [4.69, 9.17) is 4.74 Å². The Bertz CT molecular complexity index is 977. The number of hydrogen-bond acceptors (Lipinski definition) is 4. The molecule has 0 saturated heterocycles. The predicted molar refractivity (Wildman–Crippen MR) is 100 cm³/mol. The highest BCUT2D eigenvalue weighted by Gasteiger charge is 2.09. The van der Waals surface area contributed by atoms with Gasteiger partial charge in [-0.25, -0.2) is 9.38 Å². The Morgan fingerprint density at radius 2 is 1.96 bits per heavy atom. The standard InChI is InChI=1S/C19H18FN3O2S/c1-23-14(11-18(24)21-13-7-9-15(25-2)10-8-13)12-26-19(23)22-17-6-4-3-5-16(17)20/h3-10,12H,11H2,1-2H3,(H,21,24). The minimum Gasteiger partial charge on any atom is -0.497 e. The number of methoxy groups -OCH3 is 1. The number of nitrogens with zero attached hydrogens (tertiary/aromatic N) is 2. The third kappa shape index (κ3) is 4.18. The van der Waals surface area contributed by atoms with Gasteiger partial charge in [-0.05, 0) is 36.4 Å². The normalized spacial score (nSPS) is 11.4. The van der Waals surface area contributed by atoms with Gasteiger partial charge in [0.25, 0.3) is 0 Å². The lowest BCUT2D eigenvalue weighted by atomic mass is 10.2. The number of anilines is 1. The summed E-state index contributed by atoms with van der Waals surface area (Å²) in [4.78, 5) is 17.2. The third-order valence-electron chi connectivity index (χ3n) is 3.80. The van der Waals surface area contributed by atoms with Gasteiger partial charge in [0, 0.05) is 23.8 Å². The molecule has 1 heterocycles. The first-order chi connectivity index (χ1) is 12.6. The molecule has 0 aliphatic rings. The summed E-state index contributed by atoms with van der Waals surface area (Å²) in [5, 5.41) is 4.70. The minimum absolute atomic E-state index is 0.138. The van der Waals surface area contributed by atoms with Gasteiger partial charge in [0.1, 0.15) is 17.3 Å². The Balaban J connectivity index is 1.73. The maximum atomic E-state index is 13.7. The van der Waals surface area contributed by atoms with Crippen molar-refractivity contribution in [3.8, 4) is 5.75 Å². The molecule has 5 nitrogen and oxygen atoms in total. The average Bonchev–Trinajstić information content (AvgIpc) is 2.97. The number of rotatable bonds is 5. The third-order valence-corrected chi connectivity index (χ3v) is 4.77. The average molecular weight is 371 g/mol. The summed E-state index contributed by atoms with van der Waals surface area (Å²) in [6.07, 6.45) is 0.200. The van der Waals surface area contributed by atoms with Crippen LogP contribution in [0.25, 0.3) is 0 Å². The molecular formula is C19H18FN3O2S. The van der Waals surface area contributed by atoms with Crippen molar-refractivity contribution < 1.29 is 13.9 Å². The first-order valence-electron chi connectivity index (χ1n) is 7.93. The Kier molecular flexibility index (Phi) is 5.48. The molecule has 0 unspecified atom stereocenters. The van der Waals surface area contributed by atoms with E-state index in [2.05, 4.69) is 10.3 Å². The zero-order valence-electron chi connectivity index (χ0n) is 14.4. The molecule has 3 rings (SSSR count). The highest BCUT2D eigenvalue weighted by atomic mass is 32.1. The van der Waals surface area contributed by atoms with Crippen LogP contribution in [0.5, 0.6) is 5.75 Å². The van der Waals surface area contributed by atoms with Gasteiger partial charge in [-0.15, -0.1) is 11.3 Å². The van der Waals surface area contributed by atoms with Gasteiger partial charge in [0.05, 0.1) is 13.5 Å². The highest BCUT2D eigenvalue weighted by Crippen LogP contribution is 2.17. The molecule has 0 aliphatic heterocycles. The van der Waals surface area contributed by atoms with E-state index in [9.17, 15) is 9.18 Å². The van der Waals surface area contributed by atoms with Crippen LogP contribution in [0.2, 0.25) is 0 Å². The lowest BCUT2D eigenvalue weighted by molar-refractivity contribution is -0.115. The molecule has 1 aromatic heterocycles. The van der Waals surface area contributed by atoms with Crippen LogP contribution in [-0.4, -0.2) is 17.6 Å². The summed E-state index contributed by atoms with van der Waals surface area (Å²) >= 11 is 1.37. The first kappa shape index (κ1) is 17.9. The monoisotopic (exact) mass is 371 g/mol. The van der Waals surface area contributed by atoms with Crippen LogP contribution in [0.3, 0.4) is 0 Å². The van der Waals surface area contributed by atoms with Gasteiger partial charge in [0.15, 0.2) is 4.80 Å². The molecule has 7 heteroatoms. The molecule has 0 bridgehead atoms. The van der Waals surface area contributed by atoms with Crippen LogP contribution in [0, 0.1) is 5.82 Å². The van der Waals surface area contributed by atoms with E-state index in [1.807, 2.05) is 12.4 Å². The second-order valence-electron chi connectivity index (χ2n) is 5.59. The molecular weight excluding hydrogens is 353 g/mol. The Labute approximate surface area is 154 Å². The lowest BCUT2D eigenvalue weighted by Crippen LogP contribution is -2.19. The second-order valence-corrected chi connectivity index (χ2v) is 6.42. The SMILES string of the molecule is COc1ccc(NC(=O)Cc2csc(=Nc3ccccc3F)n2C)cc1. The zero-order valence-corrected chi connectivity index (χ0v) is 15.2. The summed E-state index contributed by atoms with van der Waals surface area (Å²) in [7, 11) is 3.40. The molecule has 1 amide bonds. The molecule has 0 spiro atoms. The number of halogens is 1. The number of para-hydroxylation sites is 1. The van der Waals surface area contributed by atoms with Crippen LogP contribution >= 0.6 is 11.3 Å². The number of benzene rings is 2. The maximum Gasteiger partial charge on any atom is 0.230 e. The van der Waals surface area contributed by atoms with Gasteiger partial charge in [-0.2, -0.15) is 0 Å². The molecule has 0 aliphatic carbocycles. The fourth-order valence-electron chi connectivity index (χ4n) is 2.35. The van der Waals surface area contributed by atoms with Crippen molar-refractivity contribution in [2.75, 3.05) is 12.4 Å². The molecule has 0 atom stereocenters. The number of aromatic nitrogens is 1. The van der Waals surface area contributed by atoms with Gasteiger partial charge >= 0.3 is 0 Å². The van der Waals surface area contributed by atoms with Crippen LogP contribution in [0.4, 0.5) is 15.8 Å². The lowest BCUT2D eigenvalue weighted by Gasteiger charge is -2.07. The summed E-state index contributed by atoms with van der Waals surface area (Å²) in [5.74, 6) is 0.215. The van der Waals surface area contributed by atoms with E-state index in [0.29, 0.717) is 10.5 Å². The smallest absolute Gasteiger partial charge is 0.230 e. The number of hydrogen-bond donors (Lipinski definition) is 1. The Hall–Kier alpha value is -2.93. The maximum absolute atomic E-state index is 13.7. The van der Waals surface area contributed by atoms with Crippen molar-refractivity contribution in [2.24, 2.45) is 12.0 Å². The van der Waals surface area contributed by atoms with E-state index >= 15 is 0 Å². The Morgan fingerprint density at radius 3 is 2.65 bits per heavy atom. The molecule has 1 N–H and O–H groups in total. The van der Waals surface area contributed by atoms with Crippen LogP contribution < -0.4 is 14.9 Å². The number of carbonyl (C=O) groups is 1. The van der Waals surface area contributed by atoms with Crippen molar-refractivity contribution >= 4 is 28.6 Å². The summed E-state index contributed by atoms with van der Waals surface area (Å²) in [6, 6.07) is 13.5.